The van der Waals surface area contributed by atoms with Crippen LogP contribution in [0.1, 0.15) is 90.4 Å². The van der Waals surface area contributed by atoms with Crippen LogP contribution in [0.15, 0.2) is 0 Å². The van der Waals surface area contributed by atoms with E-state index in [-0.39, 0.29) is 6.61 Å². The van der Waals surface area contributed by atoms with Crippen molar-refractivity contribution in [2.24, 2.45) is 0 Å². The summed E-state index contributed by atoms with van der Waals surface area (Å²) < 4.78 is 5.64. The summed E-state index contributed by atoms with van der Waals surface area (Å²) in [6, 6.07) is 0. The Morgan fingerprint density at radius 3 is 1.47 bits per heavy atom. The molecule has 0 amide bonds. The van der Waals surface area contributed by atoms with Crippen LogP contribution in [0.4, 0.5) is 0 Å². The third-order valence-corrected chi connectivity index (χ3v) is 3.58. The van der Waals surface area contributed by atoms with Gasteiger partial charge in [0.15, 0.2) is 0 Å². The van der Waals surface area contributed by atoms with Crippen LogP contribution in [0, 0.1) is 0 Å². The Morgan fingerprint density at radius 1 is 0.579 bits per heavy atom. The number of ether oxygens (including phenoxy) is 1. The molecule has 0 saturated carbocycles. The molecule has 0 atom stereocenters. The Morgan fingerprint density at radius 2 is 1.00 bits per heavy atom. The van der Waals surface area contributed by atoms with Gasteiger partial charge in [-0.2, -0.15) is 0 Å². The zero-order valence-electron chi connectivity index (χ0n) is 13.1. The van der Waals surface area contributed by atoms with Crippen LogP contribution in [0.2, 0.25) is 0 Å². The molecule has 0 spiro atoms. The highest BCUT2D eigenvalue weighted by atomic mass is 16.5. The molecule has 115 valence electrons. The standard InChI is InChI=1S/C17H35O2/c1-2-3-4-5-10-13-16-19-17-14-11-8-6-7-9-12-15-18/h2-17H2,1H3. The molecule has 0 bridgehead atoms. The SMILES string of the molecule is CCCCCCCCOCCCCCCCCC[O]. The summed E-state index contributed by atoms with van der Waals surface area (Å²) in [6.07, 6.45) is 16.4. The predicted octanol–water partition coefficient (Wildman–Crippen LogP) is 5.52. The molecule has 1 radical (unpaired) electrons. The Kier molecular flexibility index (Phi) is 17.8. The summed E-state index contributed by atoms with van der Waals surface area (Å²) in [6.45, 7) is 4.25. The van der Waals surface area contributed by atoms with Gasteiger partial charge in [-0.1, -0.05) is 71.1 Å². The summed E-state index contributed by atoms with van der Waals surface area (Å²) in [5.41, 5.74) is 0. The van der Waals surface area contributed by atoms with E-state index in [4.69, 9.17) is 4.74 Å². The molecule has 0 fully saturated rings. The third-order valence-electron chi connectivity index (χ3n) is 3.58. The maximum Gasteiger partial charge on any atom is 0.0822 e. The van der Waals surface area contributed by atoms with Crippen LogP contribution in [0.5, 0.6) is 0 Å². The topological polar surface area (TPSA) is 29.1 Å². The van der Waals surface area contributed by atoms with Crippen molar-refractivity contribution in [2.45, 2.75) is 90.4 Å². The molecule has 0 N–H and O–H groups in total. The molecule has 0 saturated heterocycles. The van der Waals surface area contributed by atoms with Gasteiger partial charge in [0.25, 0.3) is 0 Å². The second-order valence-electron chi connectivity index (χ2n) is 5.56. The molecule has 2 nitrogen and oxygen atoms in total. The van der Waals surface area contributed by atoms with Gasteiger partial charge in [0.05, 0.1) is 6.61 Å². The van der Waals surface area contributed by atoms with Crippen molar-refractivity contribution < 1.29 is 9.84 Å². The van der Waals surface area contributed by atoms with Gasteiger partial charge in [-0.3, -0.25) is 0 Å². The lowest BCUT2D eigenvalue weighted by atomic mass is 10.1. The van der Waals surface area contributed by atoms with Crippen LogP contribution >= 0.6 is 0 Å². The Balaban J connectivity index is 2.88. The number of hydrogen-bond acceptors (Lipinski definition) is 1. The molecule has 0 aliphatic carbocycles. The van der Waals surface area contributed by atoms with Crippen molar-refractivity contribution in [1.29, 1.82) is 0 Å². The molecular formula is C17H35O2. The Labute approximate surface area is 120 Å². The van der Waals surface area contributed by atoms with Crippen LogP contribution in [-0.4, -0.2) is 19.8 Å². The smallest absolute Gasteiger partial charge is 0.0822 e. The minimum absolute atomic E-state index is 0.103. The normalized spacial score (nSPS) is 11.1. The molecule has 0 rings (SSSR count). The van der Waals surface area contributed by atoms with E-state index in [1.54, 1.807) is 0 Å². The molecule has 0 aromatic heterocycles. The monoisotopic (exact) mass is 271 g/mol. The van der Waals surface area contributed by atoms with E-state index in [0.29, 0.717) is 0 Å². The van der Waals surface area contributed by atoms with E-state index in [9.17, 15) is 5.11 Å². The summed E-state index contributed by atoms with van der Waals surface area (Å²) in [4.78, 5) is 0. The quantitative estimate of drug-likeness (QED) is 0.340. The number of unbranched alkanes of at least 4 members (excludes halogenated alkanes) is 11. The summed E-state index contributed by atoms with van der Waals surface area (Å²) in [7, 11) is 0. The fraction of sp³-hybridized carbons (Fsp3) is 1.00. The first-order valence-corrected chi connectivity index (χ1v) is 8.57. The highest BCUT2D eigenvalue weighted by molar-refractivity contribution is 4.47. The highest BCUT2D eigenvalue weighted by Gasteiger charge is 1.93. The van der Waals surface area contributed by atoms with Crippen molar-refractivity contribution in [2.75, 3.05) is 19.8 Å². The van der Waals surface area contributed by atoms with Gasteiger partial charge in [0.2, 0.25) is 0 Å². The largest absolute Gasteiger partial charge is 0.381 e. The van der Waals surface area contributed by atoms with Crippen molar-refractivity contribution in [3.63, 3.8) is 0 Å². The first-order valence-electron chi connectivity index (χ1n) is 8.57. The summed E-state index contributed by atoms with van der Waals surface area (Å²) in [5, 5.41) is 10.2. The predicted molar refractivity (Wildman–Crippen MR) is 82.1 cm³/mol. The average Bonchev–Trinajstić information content (AvgIpc) is 2.43. The Bertz CT molecular complexity index is 132. The van der Waals surface area contributed by atoms with Crippen LogP contribution < -0.4 is 0 Å². The van der Waals surface area contributed by atoms with E-state index in [0.717, 1.165) is 26.1 Å². The number of rotatable bonds is 16. The van der Waals surface area contributed by atoms with E-state index in [1.165, 1.54) is 70.6 Å². The van der Waals surface area contributed by atoms with Crippen LogP contribution in [0.25, 0.3) is 0 Å². The highest BCUT2D eigenvalue weighted by Crippen LogP contribution is 2.08. The van der Waals surface area contributed by atoms with Gasteiger partial charge in [0.1, 0.15) is 0 Å². The van der Waals surface area contributed by atoms with Gasteiger partial charge in [-0.15, -0.1) is 0 Å². The van der Waals surface area contributed by atoms with E-state index >= 15 is 0 Å². The maximum absolute atomic E-state index is 10.2. The molecule has 0 heterocycles. The fourth-order valence-corrected chi connectivity index (χ4v) is 2.28. The lowest BCUT2D eigenvalue weighted by molar-refractivity contribution is 0.125. The first-order chi connectivity index (χ1) is 9.41. The van der Waals surface area contributed by atoms with E-state index in [2.05, 4.69) is 6.92 Å². The molecule has 19 heavy (non-hydrogen) atoms. The molecule has 0 unspecified atom stereocenters. The fourth-order valence-electron chi connectivity index (χ4n) is 2.28. The average molecular weight is 271 g/mol. The molecular weight excluding hydrogens is 236 g/mol. The molecule has 0 aromatic rings. The molecule has 0 aliphatic rings. The summed E-state index contributed by atoms with van der Waals surface area (Å²) in [5.74, 6) is 0. The minimum Gasteiger partial charge on any atom is -0.381 e. The van der Waals surface area contributed by atoms with Gasteiger partial charge < -0.3 is 4.74 Å². The lowest BCUT2D eigenvalue weighted by Crippen LogP contribution is -1.97. The van der Waals surface area contributed by atoms with Crippen LogP contribution in [0.3, 0.4) is 0 Å². The Hall–Kier alpha value is -0.0800. The lowest BCUT2D eigenvalue weighted by Gasteiger charge is -2.04. The van der Waals surface area contributed by atoms with Crippen molar-refractivity contribution in [1.82, 2.24) is 0 Å². The molecule has 2 heteroatoms. The third kappa shape index (κ3) is 17.9. The van der Waals surface area contributed by atoms with Crippen LogP contribution in [-0.2, 0) is 9.84 Å². The van der Waals surface area contributed by atoms with E-state index < -0.39 is 0 Å². The maximum atomic E-state index is 10.2. The second-order valence-corrected chi connectivity index (χ2v) is 5.56. The van der Waals surface area contributed by atoms with Crippen molar-refractivity contribution >= 4 is 0 Å². The van der Waals surface area contributed by atoms with Gasteiger partial charge >= 0.3 is 0 Å². The zero-order chi connectivity index (χ0) is 14.0. The number of hydrogen-bond donors (Lipinski definition) is 0. The minimum atomic E-state index is 0.103. The molecule has 0 aromatic carbocycles. The van der Waals surface area contributed by atoms with Crippen molar-refractivity contribution in [3.05, 3.63) is 0 Å². The van der Waals surface area contributed by atoms with Crippen molar-refractivity contribution in [3.8, 4) is 0 Å². The van der Waals surface area contributed by atoms with Gasteiger partial charge in [0, 0.05) is 13.2 Å². The van der Waals surface area contributed by atoms with Gasteiger partial charge in [-0.05, 0) is 19.3 Å². The summed E-state index contributed by atoms with van der Waals surface area (Å²) >= 11 is 0. The zero-order valence-corrected chi connectivity index (χ0v) is 13.1. The van der Waals surface area contributed by atoms with E-state index in [1.807, 2.05) is 0 Å². The molecule has 0 aliphatic heterocycles. The first kappa shape index (κ1) is 18.9. The van der Waals surface area contributed by atoms with Gasteiger partial charge in [-0.25, -0.2) is 5.11 Å². The second kappa shape index (κ2) is 17.9.